The van der Waals surface area contributed by atoms with Gasteiger partial charge in [0.05, 0.1) is 18.0 Å². The van der Waals surface area contributed by atoms with E-state index in [-0.39, 0.29) is 5.60 Å². The molecule has 3 aliphatic rings. The molecule has 35 heavy (non-hydrogen) atoms. The number of likely N-dealkylation sites (tertiary alicyclic amines) is 1. The molecule has 1 aromatic heterocycles. The summed E-state index contributed by atoms with van der Waals surface area (Å²) in [4.78, 5) is 14.6. The highest BCUT2D eigenvalue weighted by molar-refractivity contribution is 5.97. The lowest BCUT2D eigenvalue weighted by Crippen LogP contribution is -2.66. The molecule has 1 amide bonds. The van der Waals surface area contributed by atoms with Crippen molar-refractivity contribution in [2.45, 2.75) is 76.0 Å². The van der Waals surface area contributed by atoms with Crippen molar-refractivity contribution in [2.75, 3.05) is 25.0 Å². The molecule has 2 aromatic rings. The molecular weight excluding hydrogens is 440 g/mol. The first-order valence-corrected chi connectivity index (χ1v) is 12.8. The number of nitrogens with two attached hydrogens (primary N) is 1. The third-order valence-electron chi connectivity index (χ3n) is 7.99. The van der Waals surface area contributed by atoms with Crippen LogP contribution in [0.5, 0.6) is 5.75 Å². The summed E-state index contributed by atoms with van der Waals surface area (Å²) in [5.74, 6) is 1.64. The maximum absolute atomic E-state index is 12.1. The number of hydrogen-bond acceptors (Lipinski definition) is 6. The Kier molecular flexibility index (Phi) is 6.22. The lowest BCUT2D eigenvalue weighted by molar-refractivity contribution is -0.0950. The molecule has 0 atom stereocenters. The van der Waals surface area contributed by atoms with Crippen molar-refractivity contribution < 1.29 is 9.53 Å². The number of anilines is 1. The highest BCUT2D eigenvalue weighted by Crippen LogP contribution is 2.42. The number of aromatic nitrogens is 2. The van der Waals surface area contributed by atoms with Crippen LogP contribution in [0.15, 0.2) is 30.5 Å². The maximum atomic E-state index is 12.1. The molecule has 2 aliphatic carbocycles. The second-order valence-electron chi connectivity index (χ2n) is 11.1. The molecule has 0 bridgehead atoms. The summed E-state index contributed by atoms with van der Waals surface area (Å²) in [7, 11) is 0. The van der Waals surface area contributed by atoms with Crippen molar-refractivity contribution in [3.8, 4) is 11.8 Å². The van der Waals surface area contributed by atoms with Crippen LogP contribution in [0.1, 0.15) is 67.8 Å². The first-order valence-electron chi connectivity index (χ1n) is 12.8. The van der Waals surface area contributed by atoms with E-state index in [0.717, 1.165) is 51.1 Å². The van der Waals surface area contributed by atoms with Crippen molar-refractivity contribution >= 4 is 11.7 Å². The van der Waals surface area contributed by atoms with Crippen molar-refractivity contribution in [3.63, 3.8) is 0 Å². The van der Waals surface area contributed by atoms with Gasteiger partial charge in [-0.3, -0.25) is 14.4 Å². The average Bonchev–Trinajstić information content (AvgIpc) is 3.54. The normalized spacial score (nSPS) is 25.9. The molecule has 2 heterocycles. The molecule has 8 nitrogen and oxygen atoms in total. The second kappa shape index (κ2) is 9.19. The van der Waals surface area contributed by atoms with Crippen LogP contribution in [0, 0.1) is 24.2 Å². The van der Waals surface area contributed by atoms with Gasteiger partial charge in [0.2, 0.25) is 0 Å². The minimum Gasteiger partial charge on any atom is -0.485 e. The monoisotopic (exact) mass is 476 g/mol. The quantitative estimate of drug-likeness (QED) is 0.569. The van der Waals surface area contributed by atoms with Crippen molar-refractivity contribution in [3.05, 3.63) is 41.6 Å². The molecule has 1 saturated heterocycles. The van der Waals surface area contributed by atoms with E-state index in [4.69, 9.17) is 15.6 Å². The number of benzene rings is 1. The summed E-state index contributed by atoms with van der Waals surface area (Å²) < 4.78 is 8.16. The fraction of sp³-hybridized carbons (Fsp3) is 0.593. The zero-order chi connectivity index (χ0) is 24.6. The van der Waals surface area contributed by atoms with E-state index in [2.05, 4.69) is 42.3 Å². The Morgan fingerprint density at radius 1 is 1.23 bits per heavy atom. The number of nitrogens with zero attached hydrogens (tertiary/aromatic N) is 4. The van der Waals surface area contributed by atoms with Crippen LogP contribution in [0.3, 0.4) is 0 Å². The van der Waals surface area contributed by atoms with Gasteiger partial charge in [-0.05, 0) is 70.4 Å². The smallest absolute Gasteiger partial charge is 0.254 e. The van der Waals surface area contributed by atoms with E-state index in [9.17, 15) is 10.1 Å². The van der Waals surface area contributed by atoms with Crippen LogP contribution in [0.25, 0.3) is 0 Å². The number of rotatable bonds is 9. The maximum Gasteiger partial charge on any atom is 0.254 e. The van der Waals surface area contributed by atoms with Gasteiger partial charge in [-0.1, -0.05) is 17.7 Å². The van der Waals surface area contributed by atoms with Crippen molar-refractivity contribution in [1.82, 2.24) is 14.7 Å². The minimum atomic E-state index is -0.483. The third-order valence-corrected chi connectivity index (χ3v) is 7.99. The van der Waals surface area contributed by atoms with Gasteiger partial charge in [0, 0.05) is 31.9 Å². The Hall–Kier alpha value is -3.05. The summed E-state index contributed by atoms with van der Waals surface area (Å²) in [6.07, 6.45) is 8.22. The Bertz CT molecular complexity index is 1100. The molecule has 1 aliphatic heterocycles. The number of nitriles is 1. The number of carbonyl (C=O) groups excluding carboxylic acids is 1. The third kappa shape index (κ3) is 5.01. The average molecular weight is 477 g/mol. The number of aryl methyl sites for hydroxylation is 1. The number of amides is 1. The van der Waals surface area contributed by atoms with E-state index >= 15 is 0 Å². The Balaban J connectivity index is 1.22. The van der Waals surface area contributed by atoms with Crippen LogP contribution in [-0.2, 0) is 5.54 Å². The topological polar surface area (TPSA) is 109 Å². The molecule has 2 saturated carbocycles. The Labute approximate surface area is 207 Å². The van der Waals surface area contributed by atoms with E-state index in [1.165, 1.54) is 18.4 Å². The summed E-state index contributed by atoms with van der Waals surface area (Å²) >= 11 is 0. The minimum absolute atomic E-state index is 0.170. The van der Waals surface area contributed by atoms with Crippen LogP contribution in [0.4, 0.5) is 5.82 Å². The first kappa shape index (κ1) is 23.7. The number of primary amides is 1. The fourth-order valence-corrected chi connectivity index (χ4v) is 5.66. The predicted molar refractivity (Wildman–Crippen MR) is 134 cm³/mol. The molecule has 0 spiro atoms. The van der Waals surface area contributed by atoms with Gasteiger partial charge in [0.15, 0.2) is 5.82 Å². The number of carbonyl (C=O) groups is 1. The molecule has 0 radical (unpaired) electrons. The molecule has 1 aromatic carbocycles. The lowest BCUT2D eigenvalue weighted by atomic mass is 9.76. The van der Waals surface area contributed by atoms with E-state index < -0.39 is 11.4 Å². The van der Waals surface area contributed by atoms with E-state index in [1.54, 1.807) is 6.20 Å². The molecule has 5 rings (SSSR count). The highest BCUT2D eigenvalue weighted by Gasteiger charge is 2.47. The van der Waals surface area contributed by atoms with Gasteiger partial charge in [-0.15, -0.1) is 0 Å². The molecule has 3 N–H and O–H groups in total. The Morgan fingerprint density at radius 2 is 1.91 bits per heavy atom. The van der Waals surface area contributed by atoms with Crippen LogP contribution in [-0.4, -0.2) is 51.9 Å². The standard InChI is InChI=1S/C27H36N6O2/c1-19-3-7-22(8-4-19)35-26(2)17-32(18-26)21-9-11-27(12-10-21,13-14-28)33-16-23(24(29)34)25(31-33)30-15-20-5-6-20/h3-4,7-8,16,20-21H,5-6,9-13,15,17-18H2,1-2H3,(H2,29,34)(H,30,31)/t21-,27-. The van der Waals surface area contributed by atoms with Crippen molar-refractivity contribution in [1.29, 1.82) is 5.26 Å². The summed E-state index contributed by atoms with van der Waals surface area (Å²) in [6.45, 7) is 6.87. The summed E-state index contributed by atoms with van der Waals surface area (Å²) in [5.41, 5.74) is 6.73. The van der Waals surface area contributed by atoms with Crippen LogP contribution in [0.2, 0.25) is 0 Å². The largest absolute Gasteiger partial charge is 0.485 e. The van der Waals surface area contributed by atoms with E-state index in [0.29, 0.717) is 29.8 Å². The lowest BCUT2D eigenvalue weighted by Gasteiger charge is -2.53. The summed E-state index contributed by atoms with van der Waals surface area (Å²) in [5, 5.41) is 17.7. The van der Waals surface area contributed by atoms with Crippen LogP contribution < -0.4 is 15.8 Å². The van der Waals surface area contributed by atoms with Gasteiger partial charge in [0.25, 0.3) is 5.91 Å². The summed E-state index contributed by atoms with van der Waals surface area (Å²) in [6, 6.07) is 11.1. The molecule has 0 unspecified atom stereocenters. The highest BCUT2D eigenvalue weighted by atomic mass is 16.5. The molecule has 8 heteroatoms. The number of ether oxygens (including phenoxy) is 1. The fourth-order valence-electron chi connectivity index (χ4n) is 5.66. The first-order chi connectivity index (χ1) is 16.8. The van der Waals surface area contributed by atoms with Gasteiger partial charge >= 0.3 is 0 Å². The van der Waals surface area contributed by atoms with Gasteiger partial charge in [0.1, 0.15) is 16.9 Å². The molecular formula is C27H36N6O2. The second-order valence-corrected chi connectivity index (χ2v) is 11.1. The Morgan fingerprint density at radius 3 is 2.51 bits per heavy atom. The van der Waals surface area contributed by atoms with Crippen molar-refractivity contribution in [2.24, 2.45) is 11.7 Å². The number of nitrogens with one attached hydrogen (secondary N) is 1. The molecule has 3 fully saturated rings. The van der Waals surface area contributed by atoms with Crippen LogP contribution >= 0.6 is 0 Å². The van der Waals surface area contributed by atoms with Gasteiger partial charge in [-0.25, -0.2) is 0 Å². The zero-order valence-electron chi connectivity index (χ0n) is 20.8. The van der Waals surface area contributed by atoms with Gasteiger partial charge < -0.3 is 15.8 Å². The predicted octanol–water partition coefficient (Wildman–Crippen LogP) is 3.82. The number of hydrogen-bond donors (Lipinski definition) is 2. The van der Waals surface area contributed by atoms with E-state index in [1.807, 2.05) is 16.8 Å². The molecule has 186 valence electrons. The zero-order valence-corrected chi connectivity index (χ0v) is 20.8. The van der Waals surface area contributed by atoms with Gasteiger partial charge in [-0.2, -0.15) is 10.4 Å². The SMILES string of the molecule is Cc1ccc(OC2(C)CN([C@H]3CC[C@](CC#N)(n4cc(C(N)=O)c(NCC5CC5)n4)CC3)C2)cc1.